The van der Waals surface area contributed by atoms with E-state index in [-0.39, 0.29) is 11.6 Å². The second-order valence-electron chi connectivity index (χ2n) is 3.33. The first-order valence-electron chi connectivity index (χ1n) is 4.53. The van der Waals surface area contributed by atoms with Gasteiger partial charge in [0.15, 0.2) is 0 Å². The van der Waals surface area contributed by atoms with Gasteiger partial charge in [0.2, 0.25) is 10.0 Å². The molecule has 0 fully saturated rings. The summed E-state index contributed by atoms with van der Waals surface area (Å²) in [5.41, 5.74) is 2.02. The van der Waals surface area contributed by atoms with Crippen LogP contribution in [0.1, 0.15) is 11.1 Å². The van der Waals surface area contributed by atoms with E-state index in [4.69, 9.17) is 0 Å². The number of nitrogens with one attached hydrogen (secondary N) is 1. The summed E-state index contributed by atoms with van der Waals surface area (Å²) in [5.74, 6) is 0. The van der Waals surface area contributed by atoms with Crippen molar-refractivity contribution in [2.24, 2.45) is 0 Å². The van der Waals surface area contributed by atoms with E-state index < -0.39 is 10.0 Å². The van der Waals surface area contributed by atoms with Crippen molar-refractivity contribution in [1.82, 2.24) is 4.72 Å². The third kappa shape index (κ3) is 3.02. The second-order valence-corrected chi connectivity index (χ2v) is 5.09. The van der Waals surface area contributed by atoms with Gasteiger partial charge in [-0.25, -0.2) is 8.42 Å². The van der Waals surface area contributed by atoms with Crippen LogP contribution >= 0.6 is 0 Å². The number of sulfonamides is 1. The topological polar surface area (TPSA) is 55.4 Å². The van der Waals surface area contributed by atoms with Crippen LogP contribution in [0.25, 0.3) is 0 Å². The Labute approximate surface area is 90.3 Å². The Balaban J connectivity index is 3.00. The van der Waals surface area contributed by atoms with Crippen LogP contribution in [-0.2, 0) is 14.8 Å². The van der Waals surface area contributed by atoms with Gasteiger partial charge in [-0.15, -0.1) is 0 Å². The van der Waals surface area contributed by atoms with E-state index in [1.54, 1.807) is 18.2 Å². The highest BCUT2D eigenvalue weighted by Gasteiger charge is 2.13. The number of methoxy groups -OCH3 is 1. The van der Waals surface area contributed by atoms with Gasteiger partial charge in [-0.3, -0.25) is 0 Å². The fourth-order valence-electron chi connectivity index (χ4n) is 1.10. The van der Waals surface area contributed by atoms with E-state index in [1.165, 1.54) is 7.11 Å². The van der Waals surface area contributed by atoms with Crippen LogP contribution in [0.5, 0.6) is 0 Å². The van der Waals surface area contributed by atoms with Crippen molar-refractivity contribution in [3.63, 3.8) is 0 Å². The molecule has 0 radical (unpaired) electrons. The molecule has 0 saturated heterocycles. The summed E-state index contributed by atoms with van der Waals surface area (Å²) in [4.78, 5) is 0.266. The number of ether oxygens (including phenoxy) is 1. The minimum absolute atomic E-state index is 0.0186. The average molecular weight is 229 g/mol. The summed E-state index contributed by atoms with van der Waals surface area (Å²) >= 11 is 0. The molecule has 4 nitrogen and oxygen atoms in total. The van der Waals surface area contributed by atoms with Gasteiger partial charge >= 0.3 is 0 Å². The number of rotatable bonds is 4. The third-order valence-electron chi connectivity index (χ3n) is 2.18. The molecule has 0 atom stereocenters. The van der Waals surface area contributed by atoms with Gasteiger partial charge in [-0.1, -0.05) is 6.07 Å². The Morgan fingerprint density at radius 1 is 1.27 bits per heavy atom. The lowest BCUT2D eigenvalue weighted by molar-refractivity contribution is 0.194. The van der Waals surface area contributed by atoms with Crippen molar-refractivity contribution in [3.05, 3.63) is 29.3 Å². The summed E-state index contributed by atoms with van der Waals surface area (Å²) in [6, 6.07) is 5.02. The smallest absolute Gasteiger partial charge is 0.242 e. The molecule has 0 unspecified atom stereocenters. The van der Waals surface area contributed by atoms with Crippen LogP contribution in [0, 0.1) is 13.8 Å². The quantitative estimate of drug-likeness (QED) is 0.789. The van der Waals surface area contributed by atoms with Gasteiger partial charge in [0, 0.05) is 7.11 Å². The predicted octanol–water partition coefficient (Wildman–Crippen LogP) is 1.19. The van der Waals surface area contributed by atoms with Gasteiger partial charge in [0.1, 0.15) is 6.73 Å². The first-order valence-corrected chi connectivity index (χ1v) is 6.01. The lowest BCUT2D eigenvalue weighted by Gasteiger charge is -2.07. The first kappa shape index (κ1) is 12.2. The molecule has 0 amide bonds. The maximum Gasteiger partial charge on any atom is 0.242 e. The molecule has 0 heterocycles. The fourth-order valence-corrected chi connectivity index (χ4v) is 2.12. The highest BCUT2D eigenvalue weighted by molar-refractivity contribution is 7.89. The monoisotopic (exact) mass is 229 g/mol. The molecular formula is C10H15NO3S. The molecule has 0 bridgehead atoms. The van der Waals surface area contributed by atoms with Gasteiger partial charge in [-0.05, 0) is 37.1 Å². The number of benzene rings is 1. The van der Waals surface area contributed by atoms with Crippen molar-refractivity contribution >= 4 is 10.0 Å². The molecule has 1 aromatic rings. The molecule has 0 spiro atoms. The molecule has 0 aliphatic rings. The molecule has 5 heteroatoms. The molecular weight excluding hydrogens is 214 g/mol. The van der Waals surface area contributed by atoms with E-state index in [9.17, 15) is 8.42 Å². The van der Waals surface area contributed by atoms with Crippen molar-refractivity contribution in [1.29, 1.82) is 0 Å². The van der Waals surface area contributed by atoms with Crippen molar-refractivity contribution in [2.45, 2.75) is 18.7 Å². The van der Waals surface area contributed by atoms with Crippen LogP contribution in [0.4, 0.5) is 0 Å². The summed E-state index contributed by atoms with van der Waals surface area (Å²) in [5, 5.41) is 0. The van der Waals surface area contributed by atoms with E-state index in [1.807, 2.05) is 13.8 Å². The van der Waals surface area contributed by atoms with Crippen LogP contribution < -0.4 is 4.72 Å². The summed E-state index contributed by atoms with van der Waals surface area (Å²) in [6.07, 6.45) is 0. The Morgan fingerprint density at radius 2 is 1.93 bits per heavy atom. The van der Waals surface area contributed by atoms with Crippen LogP contribution in [0.15, 0.2) is 23.1 Å². The maximum absolute atomic E-state index is 11.7. The van der Waals surface area contributed by atoms with Crippen LogP contribution in [-0.4, -0.2) is 22.3 Å². The van der Waals surface area contributed by atoms with E-state index in [2.05, 4.69) is 9.46 Å². The minimum Gasteiger partial charge on any atom is -0.369 e. The molecule has 84 valence electrons. The van der Waals surface area contributed by atoms with E-state index >= 15 is 0 Å². The zero-order valence-corrected chi connectivity index (χ0v) is 9.89. The highest BCUT2D eigenvalue weighted by atomic mass is 32.2. The van der Waals surface area contributed by atoms with Crippen LogP contribution in [0.3, 0.4) is 0 Å². The Morgan fingerprint density at radius 3 is 2.47 bits per heavy atom. The summed E-state index contributed by atoms with van der Waals surface area (Å²) in [7, 11) is -2.00. The molecule has 0 aliphatic heterocycles. The standard InChI is InChI=1S/C10H15NO3S/c1-8-4-5-10(6-9(8)2)15(12,13)11-7-14-3/h4-6,11H,7H2,1-3H3. The van der Waals surface area contributed by atoms with E-state index in [0.29, 0.717) is 0 Å². The molecule has 0 aromatic heterocycles. The minimum atomic E-state index is -3.44. The average Bonchev–Trinajstić information content (AvgIpc) is 2.19. The molecule has 0 saturated carbocycles. The number of aryl methyl sites for hydroxylation is 2. The fraction of sp³-hybridized carbons (Fsp3) is 0.400. The van der Waals surface area contributed by atoms with Gasteiger partial charge < -0.3 is 4.74 Å². The lowest BCUT2D eigenvalue weighted by atomic mass is 10.1. The normalized spacial score (nSPS) is 11.7. The maximum atomic E-state index is 11.7. The first-order chi connectivity index (χ1) is 6.97. The molecule has 1 aromatic carbocycles. The molecule has 15 heavy (non-hydrogen) atoms. The Bertz CT molecular complexity index is 440. The molecule has 1 rings (SSSR count). The molecule has 0 aliphatic carbocycles. The van der Waals surface area contributed by atoms with E-state index in [0.717, 1.165) is 11.1 Å². The molecule has 1 N–H and O–H groups in total. The Hall–Kier alpha value is -0.910. The Kier molecular flexibility index (Phi) is 3.84. The number of hydrogen-bond acceptors (Lipinski definition) is 3. The van der Waals surface area contributed by atoms with Crippen molar-refractivity contribution in [3.8, 4) is 0 Å². The predicted molar refractivity (Wildman–Crippen MR) is 58.1 cm³/mol. The SMILES string of the molecule is COCNS(=O)(=O)c1ccc(C)c(C)c1. The van der Waals surface area contributed by atoms with Crippen LogP contribution in [0.2, 0.25) is 0 Å². The lowest BCUT2D eigenvalue weighted by Crippen LogP contribution is -2.25. The second kappa shape index (κ2) is 4.74. The zero-order chi connectivity index (χ0) is 11.5. The largest absolute Gasteiger partial charge is 0.369 e. The van der Waals surface area contributed by atoms with Gasteiger partial charge in [-0.2, -0.15) is 4.72 Å². The number of hydrogen-bond donors (Lipinski definition) is 1. The van der Waals surface area contributed by atoms with Crippen molar-refractivity contribution in [2.75, 3.05) is 13.8 Å². The van der Waals surface area contributed by atoms with Crippen molar-refractivity contribution < 1.29 is 13.2 Å². The third-order valence-corrected chi connectivity index (χ3v) is 3.55. The van der Waals surface area contributed by atoms with Gasteiger partial charge in [0.25, 0.3) is 0 Å². The zero-order valence-electron chi connectivity index (χ0n) is 9.07. The highest BCUT2D eigenvalue weighted by Crippen LogP contribution is 2.14. The summed E-state index contributed by atoms with van der Waals surface area (Å²) < 4.78 is 30.3. The summed E-state index contributed by atoms with van der Waals surface area (Å²) in [6.45, 7) is 3.80. The van der Waals surface area contributed by atoms with Gasteiger partial charge in [0.05, 0.1) is 4.90 Å².